The van der Waals surface area contributed by atoms with Gasteiger partial charge in [-0.15, -0.1) is 0 Å². The fourth-order valence-corrected chi connectivity index (χ4v) is 3.60. The van der Waals surface area contributed by atoms with Crippen LogP contribution in [0, 0.1) is 5.92 Å². The number of likely N-dealkylation sites (tertiary alicyclic amines) is 1. The summed E-state index contributed by atoms with van der Waals surface area (Å²) in [5.41, 5.74) is 1.02. The van der Waals surface area contributed by atoms with Gasteiger partial charge in [0.15, 0.2) is 11.5 Å². The van der Waals surface area contributed by atoms with E-state index in [0.29, 0.717) is 38.4 Å². The van der Waals surface area contributed by atoms with Crippen molar-refractivity contribution in [3.05, 3.63) is 23.8 Å². The summed E-state index contributed by atoms with van der Waals surface area (Å²) in [5, 5.41) is 0. The Kier molecular flexibility index (Phi) is 3.68. The monoisotopic (exact) mass is 317 g/mol. The molecule has 0 radical (unpaired) electrons. The topological polar surface area (TPSA) is 48.0 Å². The second-order valence-electron chi connectivity index (χ2n) is 6.70. The van der Waals surface area contributed by atoms with E-state index in [9.17, 15) is 4.79 Å². The van der Waals surface area contributed by atoms with Crippen molar-refractivity contribution in [2.75, 3.05) is 20.2 Å². The Morgan fingerprint density at radius 2 is 2.09 bits per heavy atom. The van der Waals surface area contributed by atoms with Gasteiger partial charge in [-0.2, -0.15) is 0 Å². The van der Waals surface area contributed by atoms with Gasteiger partial charge in [-0.05, 0) is 18.9 Å². The second-order valence-corrected chi connectivity index (χ2v) is 6.70. The molecule has 1 amide bonds. The molecule has 2 fully saturated rings. The predicted octanol–water partition coefficient (Wildman–Crippen LogP) is 2.72. The van der Waals surface area contributed by atoms with E-state index >= 15 is 0 Å². The summed E-state index contributed by atoms with van der Waals surface area (Å²) in [5.74, 6) is 1.51. The fraction of sp³-hybridized carbons (Fsp3) is 0.611. The van der Waals surface area contributed by atoms with Crippen LogP contribution in [0.15, 0.2) is 18.2 Å². The molecular weight excluding hydrogens is 294 g/mol. The van der Waals surface area contributed by atoms with Crippen LogP contribution in [0.5, 0.6) is 11.5 Å². The molecule has 23 heavy (non-hydrogen) atoms. The third-order valence-electron chi connectivity index (χ3n) is 5.35. The van der Waals surface area contributed by atoms with Crippen LogP contribution in [0.1, 0.15) is 37.7 Å². The highest BCUT2D eigenvalue weighted by atomic mass is 16.7. The van der Waals surface area contributed by atoms with Gasteiger partial charge in [-0.3, -0.25) is 4.79 Å². The van der Waals surface area contributed by atoms with Gasteiger partial charge in [0, 0.05) is 37.4 Å². The molecule has 1 saturated heterocycles. The number of amides is 1. The molecule has 0 aromatic heterocycles. The number of hydrogen-bond acceptors (Lipinski definition) is 4. The lowest BCUT2D eigenvalue weighted by Crippen LogP contribution is -2.53. The molecule has 2 heterocycles. The lowest BCUT2D eigenvalue weighted by atomic mass is 9.84. The largest absolute Gasteiger partial charge is 0.493 e. The van der Waals surface area contributed by atoms with Crippen molar-refractivity contribution in [3.63, 3.8) is 0 Å². The number of para-hydroxylation sites is 1. The molecule has 3 aliphatic rings. The van der Waals surface area contributed by atoms with E-state index in [0.717, 1.165) is 29.9 Å². The number of benzene rings is 1. The molecule has 1 aliphatic carbocycles. The molecule has 0 bridgehead atoms. The molecule has 5 heteroatoms. The first-order valence-corrected chi connectivity index (χ1v) is 8.48. The highest BCUT2D eigenvalue weighted by molar-refractivity contribution is 5.79. The van der Waals surface area contributed by atoms with Crippen LogP contribution in [0.3, 0.4) is 0 Å². The van der Waals surface area contributed by atoms with E-state index in [1.165, 1.54) is 6.42 Å². The summed E-state index contributed by atoms with van der Waals surface area (Å²) in [7, 11) is 1.65. The van der Waals surface area contributed by atoms with Crippen LogP contribution in [0.25, 0.3) is 0 Å². The van der Waals surface area contributed by atoms with Crippen LogP contribution in [-0.2, 0) is 16.1 Å². The van der Waals surface area contributed by atoms with E-state index in [4.69, 9.17) is 14.2 Å². The zero-order valence-electron chi connectivity index (χ0n) is 13.5. The quantitative estimate of drug-likeness (QED) is 0.841. The maximum absolute atomic E-state index is 12.4. The molecule has 1 aromatic carbocycles. The second kappa shape index (κ2) is 5.71. The smallest absolute Gasteiger partial charge is 0.225 e. The van der Waals surface area contributed by atoms with Gasteiger partial charge < -0.3 is 19.1 Å². The third kappa shape index (κ3) is 2.57. The van der Waals surface area contributed by atoms with Crippen LogP contribution in [0.2, 0.25) is 0 Å². The van der Waals surface area contributed by atoms with Crippen molar-refractivity contribution in [3.8, 4) is 11.5 Å². The van der Waals surface area contributed by atoms with Crippen LogP contribution < -0.4 is 9.47 Å². The van der Waals surface area contributed by atoms with Crippen LogP contribution in [0.4, 0.5) is 0 Å². The highest BCUT2D eigenvalue weighted by Crippen LogP contribution is 2.42. The number of piperidine rings is 1. The normalized spacial score (nSPS) is 22.9. The third-order valence-corrected chi connectivity index (χ3v) is 5.35. The van der Waals surface area contributed by atoms with Crippen LogP contribution >= 0.6 is 0 Å². The molecular formula is C18H23NO4. The first kappa shape index (κ1) is 14.8. The van der Waals surface area contributed by atoms with Crippen molar-refractivity contribution < 1.29 is 19.0 Å². The van der Waals surface area contributed by atoms with Gasteiger partial charge in [0.25, 0.3) is 0 Å². The molecule has 0 unspecified atom stereocenters. The van der Waals surface area contributed by atoms with Crippen molar-refractivity contribution in [1.29, 1.82) is 0 Å². The number of hydrogen-bond donors (Lipinski definition) is 0. The summed E-state index contributed by atoms with van der Waals surface area (Å²) in [4.78, 5) is 14.4. The molecule has 0 N–H and O–H groups in total. The Hall–Kier alpha value is -1.75. The number of fused-ring (bicyclic) bond motifs is 1. The molecule has 4 rings (SSSR count). The number of ether oxygens (including phenoxy) is 3. The minimum absolute atomic E-state index is 0.262. The number of carbonyl (C=O) groups excluding carboxylic acids is 1. The van der Waals surface area contributed by atoms with Crippen molar-refractivity contribution in [2.24, 2.45) is 5.92 Å². The Bertz CT molecular complexity index is 589. The van der Waals surface area contributed by atoms with E-state index in [2.05, 4.69) is 0 Å². The lowest BCUT2D eigenvalue weighted by Gasteiger charge is -2.45. The average molecular weight is 317 g/mol. The number of methoxy groups -OCH3 is 1. The van der Waals surface area contributed by atoms with Gasteiger partial charge in [-0.25, -0.2) is 0 Å². The Morgan fingerprint density at radius 1 is 1.30 bits per heavy atom. The van der Waals surface area contributed by atoms with Gasteiger partial charge in [0.05, 0.1) is 13.7 Å². The molecule has 1 aromatic rings. The summed E-state index contributed by atoms with van der Waals surface area (Å²) >= 11 is 0. The number of carbonyl (C=O) groups is 1. The van der Waals surface area contributed by atoms with Crippen molar-refractivity contribution >= 4 is 5.91 Å². The highest BCUT2D eigenvalue weighted by Gasteiger charge is 2.43. The maximum Gasteiger partial charge on any atom is 0.225 e. The van der Waals surface area contributed by atoms with Gasteiger partial charge >= 0.3 is 0 Å². The molecule has 1 saturated carbocycles. The van der Waals surface area contributed by atoms with Crippen molar-refractivity contribution in [1.82, 2.24) is 4.90 Å². The predicted molar refractivity (Wildman–Crippen MR) is 84.3 cm³/mol. The van der Waals surface area contributed by atoms with E-state index in [1.54, 1.807) is 7.11 Å². The Balaban J connectivity index is 1.46. The first-order valence-electron chi connectivity index (χ1n) is 8.48. The summed E-state index contributed by atoms with van der Waals surface area (Å²) < 4.78 is 17.7. The molecule has 124 valence electrons. The first-order chi connectivity index (χ1) is 11.2. The van der Waals surface area contributed by atoms with E-state index in [1.807, 2.05) is 23.1 Å². The maximum atomic E-state index is 12.4. The summed E-state index contributed by atoms with van der Waals surface area (Å²) in [6.45, 7) is 1.95. The minimum atomic E-state index is -0.613. The van der Waals surface area contributed by atoms with Gasteiger partial charge in [0.1, 0.15) is 0 Å². The summed E-state index contributed by atoms with van der Waals surface area (Å²) in [6, 6.07) is 5.86. The van der Waals surface area contributed by atoms with Crippen molar-refractivity contribution in [2.45, 2.75) is 44.5 Å². The number of rotatable bonds is 2. The van der Waals surface area contributed by atoms with E-state index < -0.39 is 5.79 Å². The summed E-state index contributed by atoms with van der Waals surface area (Å²) in [6.07, 6.45) is 4.72. The molecule has 0 atom stereocenters. The Labute approximate surface area is 136 Å². The van der Waals surface area contributed by atoms with Gasteiger partial charge in [0.2, 0.25) is 11.7 Å². The zero-order chi connectivity index (χ0) is 15.9. The lowest BCUT2D eigenvalue weighted by molar-refractivity contribution is -0.228. The fourth-order valence-electron chi connectivity index (χ4n) is 3.60. The standard InChI is InChI=1S/C18H23NO4/c1-21-15-7-3-6-14-12-22-18(23-16(14)15)8-10-19(11-9-18)17(20)13-4-2-5-13/h3,6-7,13H,2,4-5,8-12H2,1H3. The van der Waals surface area contributed by atoms with E-state index in [-0.39, 0.29) is 5.92 Å². The molecule has 1 spiro atoms. The number of nitrogens with zero attached hydrogens (tertiary/aromatic N) is 1. The zero-order valence-corrected chi connectivity index (χ0v) is 13.5. The Morgan fingerprint density at radius 3 is 2.74 bits per heavy atom. The van der Waals surface area contributed by atoms with Crippen LogP contribution in [-0.4, -0.2) is 36.8 Å². The van der Waals surface area contributed by atoms with Gasteiger partial charge in [-0.1, -0.05) is 18.6 Å². The molecule has 5 nitrogen and oxygen atoms in total. The minimum Gasteiger partial charge on any atom is -0.493 e. The SMILES string of the molecule is COc1cccc2c1OC1(CCN(C(=O)C3CCC3)CC1)OC2. The molecule has 2 aliphatic heterocycles. The average Bonchev–Trinajstić information content (AvgIpc) is 2.53.